The molecule has 1 aromatic carbocycles. The molecule has 268 valence electrons. The first-order valence-corrected chi connectivity index (χ1v) is 16.8. The van der Waals surface area contributed by atoms with E-state index in [1.54, 1.807) is 20.8 Å². The van der Waals surface area contributed by atoms with Crippen molar-refractivity contribution < 1.29 is 56.5 Å². The number of nitrogens with zero attached hydrogens (tertiary/aromatic N) is 3. The summed E-state index contributed by atoms with van der Waals surface area (Å²) in [4.78, 5) is 44.5. The van der Waals surface area contributed by atoms with Crippen molar-refractivity contribution in [2.45, 2.75) is 93.5 Å². The molecule has 0 radical (unpaired) electrons. The van der Waals surface area contributed by atoms with E-state index in [2.05, 4.69) is 10.3 Å². The fourth-order valence-electron chi connectivity index (χ4n) is 5.61. The monoisotopic (exact) mass is 716 g/mol. The molecule has 1 aliphatic carbocycles. The van der Waals surface area contributed by atoms with Crippen LogP contribution in [0.3, 0.4) is 0 Å². The lowest BCUT2D eigenvalue weighted by molar-refractivity contribution is -0.129. The molecule has 1 aromatic heterocycles. The van der Waals surface area contributed by atoms with Crippen molar-refractivity contribution in [3.63, 3.8) is 0 Å². The summed E-state index contributed by atoms with van der Waals surface area (Å²) >= 11 is 0. The van der Waals surface area contributed by atoms with E-state index in [1.807, 2.05) is 0 Å². The van der Waals surface area contributed by atoms with Crippen LogP contribution < -0.4 is 10.2 Å². The standard InChI is InChI=1S/C30H36F8N4O5S/c1-29(2,3)47-28(45)41-17-20(46-4)14-24(41)27(44)42(23-8-7-21(15-22(23)31)48(34,35,36,37)38)25(18-6-5-13-39-16-18)26(43)40-19-9-11-30(32,33)12-10-19/h5-8,13,15-16,19-20,24-25H,9-12,14,17H2,1-4H3,(H,40,43)/t20-,24-,25?/m1/s1. The number of likely N-dealkylation sites (tertiary alicyclic amines) is 1. The minimum Gasteiger partial charge on any atom is -0.444 e. The van der Waals surface area contributed by atoms with Crippen LogP contribution in [-0.2, 0) is 19.1 Å². The Morgan fingerprint density at radius 3 is 2.25 bits per heavy atom. The van der Waals surface area contributed by atoms with Gasteiger partial charge in [0.15, 0.2) is 0 Å². The Kier molecular flexibility index (Phi) is 9.55. The van der Waals surface area contributed by atoms with Crippen molar-refractivity contribution in [1.82, 2.24) is 15.2 Å². The van der Waals surface area contributed by atoms with Crippen molar-refractivity contribution >= 4 is 33.8 Å². The number of hydrogen-bond acceptors (Lipinski definition) is 6. The fraction of sp³-hybridized carbons (Fsp3) is 0.533. The number of aromatic nitrogens is 1. The van der Waals surface area contributed by atoms with Crippen LogP contribution in [0.5, 0.6) is 0 Å². The molecule has 2 heterocycles. The Labute approximate surface area is 271 Å². The van der Waals surface area contributed by atoms with Crippen LogP contribution in [0.4, 0.5) is 43.1 Å². The number of halogens is 8. The van der Waals surface area contributed by atoms with Gasteiger partial charge in [0.2, 0.25) is 11.8 Å². The van der Waals surface area contributed by atoms with Crippen molar-refractivity contribution in [1.29, 1.82) is 0 Å². The van der Waals surface area contributed by atoms with Gasteiger partial charge in [0.1, 0.15) is 28.4 Å². The van der Waals surface area contributed by atoms with Crippen LogP contribution in [0.15, 0.2) is 47.6 Å². The number of alkyl halides is 2. The number of ether oxygens (including phenoxy) is 2. The zero-order chi connectivity index (χ0) is 35.9. The van der Waals surface area contributed by atoms with Gasteiger partial charge in [-0.25, -0.2) is 18.0 Å². The van der Waals surface area contributed by atoms with E-state index in [0.717, 1.165) is 11.1 Å². The lowest BCUT2D eigenvalue weighted by Gasteiger charge is -2.41. The number of amides is 3. The minimum atomic E-state index is -10.4. The molecule has 48 heavy (non-hydrogen) atoms. The number of methoxy groups -OCH3 is 1. The lowest BCUT2D eigenvalue weighted by Crippen LogP contribution is -2.54. The van der Waals surface area contributed by atoms with Gasteiger partial charge in [-0.2, -0.15) is 0 Å². The molecule has 2 aromatic rings. The molecule has 1 aliphatic heterocycles. The molecule has 9 nitrogen and oxygen atoms in total. The normalized spacial score (nSPS) is 22.3. The molecule has 0 bridgehead atoms. The summed E-state index contributed by atoms with van der Waals surface area (Å²) in [6.07, 6.45) is -1.04. The third-order valence-corrected chi connectivity index (χ3v) is 9.09. The van der Waals surface area contributed by atoms with Crippen LogP contribution in [-0.4, -0.2) is 71.2 Å². The molecule has 1 N–H and O–H groups in total. The maximum Gasteiger partial charge on any atom is 0.411 e. The highest BCUT2D eigenvalue weighted by atomic mass is 32.5. The van der Waals surface area contributed by atoms with E-state index in [0.29, 0.717) is 11.0 Å². The topological polar surface area (TPSA) is 101 Å². The first-order valence-electron chi connectivity index (χ1n) is 14.9. The summed E-state index contributed by atoms with van der Waals surface area (Å²) in [6.45, 7) is 4.45. The van der Waals surface area contributed by atoms with Crippen LogP contribution >= 0.6 is 10.2 Å². The molecule has 1 unspecified atom stereocenters. The summed E-state index contributed by atoms with van der Waals surface area (Å²) in [7, 11) is -9.11. The van der Waals surface area contributed by atoms with E-state index >= 15 is 4.39 Å². The Balaban J connectivity index is 1.87. The van der Waals surface area contributed by atoms with Crippen molar-refractivity contribution in [2.24, 2.45) is 0 Å². The number of rotatable bonds is 8. The number of pyridine rings is 1. The van der Waals surface area contributed by atoms with Crippen LogP contribution in [0, 0.1) is 5.82 Å². The Morgan fingerprint density at radius 2 is 1.73 bits per heavy atom. The van der Waals surface area contributed by atoms with E-state index in [1.165, 1.54) is 25.4 Å². The average Bonchev–Trinajstić information content (AvgIpc) is 3.40. The summed E-state index contributed by atoms with van der Waals surface area (Å²) in [6, 6.07) is -1.94. The van der Waals surface area contributed by atoms with Gasteiger partial charge >= 0.3 is 16.3 Å². The van der Waals surface area contributed by atoms with Gasteiger partial charge in [-0.05, 0) is 57.9 Å². The van der Waals surface area contributed by atoms with Gasteiger partial charge < -0.3 is 14.8 Å². The van der Waals surface area contributed by atoms with Gasteiger partial charge in [0, 0.05) is 50.4 Å². The van der Waals surface area contributed by atoms with Crippen LogP contribution in [0.1, 0.15) is 64.5 Å². The van der Waals surface area contributed by atoms with Gasteiger partial charge in [0.25, 0.3) is 5.91 Å². The molecule has 2 aliphatic rings. The third-order valence-electron chi connectivity index (χ3n) is 7.94. The average molecular weight is 717 g/mol. The molecular formula is C30H36F8N4O5S. The quantitative estimate of drug-likeness (QED) is 0.282. The Morgan fingerprint density at radius 1 is 1.08 bits per heavy atom. The van der Waals surface area contributed by atoms with Gasteiger partial charge in [-0.15, -0.1) is 0 Å². The number of nitrogens with one attached hydrogen (secondary N) is 1. The molecule has 2 fully saturated rings. The Bertz CT molecular complexity index is 1530. The largest absolute Gasteiger partial charge is 0.444 e. The highest BCUT2D eigenvalue weighted by Gasteiger charge is 2.65. The molecule has 1 saturated carbocycles. The highest BCUT2D eigenvalue weighted by molar-refractivity contribution is 8.45. The van der Waals surface area contributed by atoms with E-state index < -0.39 is 99.2 Å². The van der Waals surface area contributed by atoms with E-state index in [9.17, 15) is 42.6 Å². The predicted octanol–water partition coefficient (Wildman–Crippen LogP) is 7.67. The lowest BCUT2D eigenvalue weighted by atomic mass is 9.91. The molecule has 0 spiro atoms. The summed E-state index contributed by atoms with van der Waals surface area (Å²) in [5, 5.41) is 2.56. The maximum atomic E-state index is 15.8. The number of benzene rings is 1. The number of hydrogen-bond donors (Lipinski definition) is 1. The summed E-state index contributed by atoms with van der Waals surface area (Å²) in [5.41, 5.74) is -2.14. The molecule has 18 heteroatoms. The zero-order valence-corrected chi connectivity index (χ0v) is 27.2. The van der Waals surface area contributed by atoms with Crippen molar-refractivity contribution in [2.75, 3.05) is 18.6 Å². The van der Waals surface area contributed by atoms with Crippen LogP contribution in [0.25, 0.3) is 0 Å². The van der Waals surface area contributed by atoms with E-state index in [-0.39, 0.29) is 37.4 Å². The van der Waals surface area contributed by atoms with Gasteiger partial charge in [-0.3, -0.25) is 24.4 Å². The molecule has 4 rings (SSSR count). The first-order chi connectivity index (χ1) is 21.9. The van der Waals surface area contributed by atoms with Gasteiger partial charge in [0.05, 0.1) is 18.3 Å². The zero-order valence-electron chi connectivity index (χ0n) is 26.4. The Hall–Kier alpha value is -3.67. The molecule has 1 saturated heterocycles. The summed E-state index contributed by atoms with van der Waals surface area (Å²) < 4.78 is 122. The summed E-state index contributed by atoms with van der Waals surface area (Å²) in [5.74, 6) is -7.14. The maximum absolute atomic E-state index is 15.8. The van der Waals surface area contributed by atoms with Gasteiger partial charge in [-0.1, -0.05) is 25.5 Å². The fourth-order valence-corrected chi connectivity index (χ4v) is 6.26. The highest BCUT2D eigenvalue weighted by Crippen LogP contribution is 3.02. The number of anilines is 1. The number of carbonyl (C=O) groups is 3. The molecular weight excluding hydrogens is 680 g/mol. The van der Waals surface area contributed by atoms with Crippen LogP contribution in [0.2, 0.25) is 0 Å². The molecule has 3 atom stereocenters. The second-order valence-electron chi connectivity index (χ2n) is 12.9. The SMILES string of the molecule is CO[C@@H]1C[C@H](C(=O)N(c2ccc(S(F)(F)(F)(F)F)cc2F)C(C(=O)NC2CCC(F)(F)CC2)c2cccnc2)N(C(=O)OC(C)(C)C)C1. The predicted molar refractivity (Wildman–Crippen MR) is 160 cm³/mol. The van der Waals surface area contributed by atoms with E-state index in [4.69, 9.17) is 9.47 Å². The second kappa shape index (κ2) is 12.3. The minimum absolute atomic E-state index is 0.0919. The molecule has 3 amide bonds. The number of carbonyl (C=O) groups excluding carboxylic acids is 3. The van der Waals surface area contributed by atoms with Crippen molar-refractivity contribution in [3.8, 4) is 0 Å². The van der Waals surface area contributed by atoms with Crippen molar-refractivity contribution in [3.05, 3.63) is 54.1 Å². The first kappa shape index (κ1) is 37.2. The second-order valence-corrected chi connectivity index (χ2v) is 15.3. The third kappa shape index (κ3) is 8.86. The smallest absolute Gasteiger partial charge is 0.411 e.